The van der Waals surface area contributed by atoms with Crippen molar-refractivity contribution in [2.24, 2.45) is 5.11 Å². The lowest BCUT2D eigenvalue weighted by Gasteiger charge is -2.19. The topological polar surface area (TPSA) is 61.2 Å². The predicted octanol–water partition coefficient (Wildman–Crippen LogP) is 2.59. The summed E-state index contributed by atoms with van der Waals surface area (Å²) in [6, 6.07) is 6.20. The van der Waals surface area contributed by atoms with E-state index >= 15 is 0 Å². The maximum absolute atomic E-state index is 12.7. The average molecular weight is 250 g/mol. The lowest BCUT2D eigenvalue weighted by molar-refractivity contribution is 0.198. The van der Waals surface area contributed by atoms with Gasteiger partial charge in [-0.2, -0.15) is 0 Å². The zero-order valence-electron chi connectivity index (χ0n) is 10.2. The van der Waals surface area contributed by atoms with Crippen molar-refractivity contribution in [2.45, 2.75) is 18.5 Å². The third-order valence-electron chi connectivity index (χ3n) is 3.14. The van der Waals surface area contributed by atoms with Crippen LogP contribution in [-0.4, -0.2) is 37.2 Å². The van der Waals surface area contributed by atoms with E-state index in [1.165, 1.54) is 12.1 Å². The molecule has 1 heterocycles. The molecule has 1 fully saturated rings. The van der Waals surface area contributed by atoms with Crippen LogP contribution in [0.25, 0.3) is 10.4 Å². The van der Waals surface area contributed by atoms with Gasteiger partial charge in [-0.25, -0.2) is 4.39 Å². The molecule has 1 aromatic rings. The van der Waals surface area contributed by atoms with E-state index in [-0.39, 0.29) is 17.9 Å². The van der Waals surface area contributed by atoms with E-state index in [2.05, 4.69) is 14.9 Å². The van der Waals surface area contributed by atoms with E-state index in [0.717, 1.165) is 13.0 Å². The Morgan fingerprint density at radius 3 is 2.89 bits per heavy atom. The molecule has 1 aliphatic rings. The number of ether oxygens (including phenoxy) is 1. The SMILES string of the molecule is CN1C[C@H](N=[N+]=[N-])C[C@@H]1COc1ccc(F)cc1. The molecule has 2 atom stereocenters. The van der Waals surface area contributed by atoms with Crippen LogP contribution in [0, 0.1) is 5.82 Å². The summed E-state index contributed by atoms with van der Waals surface area (Å²) in [5, 5.41) is 3.72. The largest absolute Gasteiger partial charge is 0.492 e. The molecule has 1 aromatic carbocycles. The Kier molecular flexibility index (Phi) is 4.02. The number of rotatable bonds is 4. The van der Waals surface area contributed by atoms with E-state index in [4.69, 9.17) is 10.3 Å². The summed E-state index contributed by atoms with van der Waals surface area (Å²) in [4.78, 5) is 4.94. The summed E-state index contributed by atoms with van der Waals surface area (Å²) in [6.07, 6.45) is 0.793. The molecule has 1 saturated heterocycles. The van der Waals surface area contributed by atoms with Gasteiger partial charge in [0.2, 0.25) is 0 Å². The van der Waals surface area contributed by atoms with Crippen LogP contribution in [-0.2, 0) is 0 Å². The molecule has 6 heteroatoms. The van der Waals surface area contributed by atoms with Crippen molar-refractivity contribution < 1.29 is 9.13 Å². The van der Waals surface area contributed by atoms with E-state index in [1.54, 1.807) is 12.1 Å². The second-order valence-electron chi connectivity index (χ2n) is 4.45. The predicted molar refractivity (Wildman–Crippen MR) is 65.9 cm³/mol. The molecular formula is C12H15FN4O. The van der Waals surface area contributed by atoms with E-state index in [1.807, 2.05) is 7.05 Å². The Labute approximate surface area is 105 Å². The highest BCUT2D eigenvalue weighted by molar-refractivity contribution is 5.22. The lowest BCUT2D eigenvalue weighted by Crippen LogP contribution is -2.30. The fourth-order valence-electron chi connectivity index (χ4n) is 2.13. The van der Waals surface area contributed by atoms with Crippen molar-refractivity contribution in [2.75, 3.05) is 20.2 Å². The zero-order valence-corrected chi connectivity index (χ0v) is 10.2. The Balaban J connectivity index is 1.87. The van der Waals surface area contributed by atoms with Crippen LogP contribution in [0.5, 0.6) is 5.75 Å². The van der Waals surface area contributed by atoms with Crippen molar-refractivity contribution in [3.05, 3.63) is 40.5 Å². The van der Waals surface area contributed by atoms with Gasteiger partial charge in [-0.05, 0) is 43.3 Å². The highest BCUT2D eigenvalue weighted by Crippen LogP contribution is 2.20. The fourth-order valence-corrected chi connectivity index (χ4v) is 2.13. The van der Waals surface area contributed by atoms with Crippen LogP contribution < -0.4 is 4.74 Å². The summed E-state index contributed by atoms with van der Waals surface area (Å²) >= 11 is 0. The molecule has 0 saturated carbocycles. The summed E-state index contributed by atoms with van der Waals surface area (Å²) < 4.78 is 18.3. The number of halogens is 1. The first-order valence-electron chi connectivity index (χ1n) is 5.82. The second kappa shape index (κ2) is 5.71. The molecule has 96 valence electrons. The second-order valence-corrected chi connectivity index (χ2v) is 4.45. The van der Waals surface area contributed by atoms with Crippen molar-refractivity contribution in [1.29, 1.82) is 0 Å². The average Bonchev–Trinajstić information content (AvgIpc) is 2.70. The van der Waals surface area contributed by atoms with Gasteiger partial charge in [0.1, 0.15) is 18.2 Å². The summed E-state index contributed by atoms with van der Waals surface area (Å²) in [5.74, 6) is 0.376. The summed E-state index contributed by atoms with van der Waals surface area (Å²) in [6.45, 7) is 1.26. The highest BCUT2D eigenvalue weighted by atomic mass is 19.1. The van der Waals surface area contributed by atoms with Crippen LogP contribution >= 0.6 is 0 Å². The van der Waals surface area contributed by atoms with E-state index in [9.17, 15) is 4.39 Å². The molecule has 0 amide bonds. The van der Waals surface area contributed by atoms with Crippen LogP contribution in [0.1, 0.15) is 6.42 Å². The van der Waals surface area contributed by atoms with Gasteiger partial charge in [0.05, 0.1) is 6.04 Å². The van der Waals surface area contributed by atoms with Crippen LogP contribution in [0.15, 0.2) is 29.4 Å². The van der Waals surface area contributed by atoms with Crippen molar-refractivity contribution in [3.8, 4) is 5.75 Å². The highest BCUT2D eigenvalue weighted by Gasteiger charge is 2.29. The minimum absolute atomic E-state index is 0.0156. The molecule has 1 aliphatic heterocycles. The van der Waals surface area contributed by atoms with Crippen molar-refractivity contribution in [3.63, 3.8) is 0 Å². The fraction of sp³-hybridized carbons (Fsp3) is 0.500. The maximum atomic E-state index is 12.7. The van der Waals surface area contributed by atoms with E-state index < -0.39 is 0 Å². The number of nitrogens with zero attached hydrogens (tertiary/aromatic N) is 4. The summed E-state index contributed by atoms with van der Waals surface area (Å²) in [5.41, 5.74) is 8.41. The number of hydrogen-bond donors (Lipinski definition) is 0. The van der Waals surface area contributed by atoms with Crippen molar-refractivity contribution in [1.82, 2.24) is 4.90 Å². The third kappa shape index (κ3) is 3.12. The normalized spacial score (nSPS) is 23.7. The third-order valence-corrected chi connectivity index (χ3v) is 3.14. The first-order valence-corrected chi connectivity index (χ1v) is 5.82. The Morgan fingerprint density at radius 2 is 2.22 bits per heavy atom. The Hall–Kier alpha value is -1.78. The molecule has 0 aromatic heterocycles. The number of hydrogen-bond acceptors (Lipinski definition) is 3. The van der Waals surface area contributed by atoms with Gasteiger partial charge in [-0.1, -0.05) is 5.11 Å². The minimum Gasteiger partial charge on any atom is -0.492 e. The van der Waals surface area contributed by atoms with Crippen LogP contribution in [0.2, 0.25) is 0 Å². The van der Waals surface area contributed by atoms with Gasteiger partial charge in [0, 0.05) is 17.5 Å². The van der Waals surface area contributed by atoms with Crippen LogP contribution in [0.4, 0.5) is 4.39 Å². The first-order chi connectivity index (χ1) is 8.69. The molecule has 0 bridgehead atoms. The quantitative estimate of drug-likeness (QED) is 0.468. The van der Waals surface area contributed by atoms with Gasteiger partial charge in [0.25, 0.3) is 0 Å². The molecule has 0 spiro atoms. The molecular weight excluding hydrogens is 235 g/mol. The molecule has 18 heavy (non-hydrogen) atoms. The first kappa shape index (κ1) is 12.7. The van der Waals surface area contributed by atoms with Gasteiger partial charge >= 0.3 is 0 Å². The number of benzene rings is 1. The van der Waals surface area contributed by atoms with Crippen molar-refractivity contribution >= 4 is 0 Å². The monoisotopic (exact) mass is 250 g/mol. The standard InChI is InChI=1S/C12H15FN4O/c1-17-7-10(15-16-14)6-11(17)8-18-12-4-2-9(13)3-5-12/h2-5,10-11H,6-8H2,1H3/t10-,11-/m1/s1. The van der Waals surface area contributed by atoms with Gasteiger partial charge in [-0.3, -0.25) is 4.90 Å². The maximum Gasteiger partial charge on any atom is 0.123 e. The minimum atomic E-state index is -0.274. The Morgan fingerprint density at radius 1 is 1.50 bits per heavy atom. The lowest BCUT2D eigenvalue weighted by atomic mass is 10.2. The smallest absolute Gasteiger partial charge is 0.123 e. The number of azide groups is 1. The molecule has 0 N–H and O–H groups in total. The van der Waals surface area contributed by atoms with E-state index in [0.29, 0.717) is 12.4 Å². The molecule has 0 aliphatic carbocycles. The van der Waals surface area contributed by atoms with Crippen LogP contribution in [0.3, 0.4) is 0 Å². The van der Waals surface area contributed by atoms with Gasteiger partial charge in [-0.15, -0.1) is 0 Å². The molecule has 0 unspecified atom stereocenters. The molecule has 0 radical (unpaired) electrons. The van der Waals surface area contributed by atoms with Gasteiger partial charge < -0.3 is 4.74 Å². The zero-order chi connectivity index (χ0) is 13.0. The number of likely N-dealkylation sites (N-methyl/N-ethyl adjacent to an activating group) is 1. The van der Waals surface area contributed by atoms with Gasteiger partial charge in [0.15, 0.2) is 0 Å². The number of likely N-dealkylation sites (tertiary alicyclic amines) is 1. The Bertz CT molecular complexity index is 444. The summed E-state index contributed by atoms with van der Waals surface area (Å²) in [7, 11) is 1.98. The molecule has 5 nitrogen and oxygen atoms in total. The molecule has 2 rings (SSSR count).